The lowest BCUT2D eigenvalue weighted by molar-refractivity contribution is 0.397. The van der Waals surface area contributed by atoms with Gasteiger partial charge in [-0.2, -0.15) is 0 Å². The van der Waals surface area contributed by atoms with Crippen molar-refractivity contribution in [1.29, 1.82) is 0 Å². The SMILES string of the molecule is CCC(C)CC(C)n1c(CCCl)nc2ccc(C)cc21. The Morgan fingerprint density at radius 3 is 2.70 bits per heavy atom. The number of halogens is 1. The van der Waals surface area contributed by atoms with Gasteiger partial charge in [0, 0.05) is 18.3 Å². The molecule has 3 heteroatoms. The van der Waals surface area contributed by atoms with E-state index in [9.17, 15) is 0 Å². The first-order chi connectivity index (χ1) is 9.56. The molecule has 0 bridgehead atoms. The van der Waals surface area contributed by atoms with Crippen LogP contribution < -0.4 is 0 Å². The molecule has 0 aliphatic rings. The van der Waals surface area contributed by atoms with Crippen LogP contribution in [0.5, 0.6) is 0 Å². The lowest BCUT2D eigenvalue weighted by Gasteiger charge is -2.20. The van der Waals surface area contributed by atoms with Crippen molar-refractivity contribution in [3.8, 4) is 0 Å². The molecule has 0 fully saturated rings. The highest BCUT2D eigenvalue weighted by atomic mass is 35.5. The molecule has 0 saturated carbocycles. The molecule has 0 spiro atoms. The monoisotopic (exact) mass is 292 g/mol. The summed E-state index contributed by atoms with van der Waals surface area (Å²) >= 11 is 5.95. The third-order valence-corrected chi connectivity index (χ3v) is 4.31. The molecule has 20 heavy (non-hydrogen) atoms. The van der Waals surface area contributed by atoms with E-state index in [1.165, 1.54) is 23.9 Å². The van der Waals surface area contributed by atoms with Gasteiger partial charge in [0.1, 0.15) is 5.82 Å². The highest BCUT2D eigenvalue weighted by Gasteiger charge is 2.17. The van der Waals surface area contributed by atoms with E-state index >= 15 is 0 Å². The van der Waals surface area contributed by atoms with Crippen LogP contribution in [-0.2, 0) is 6.42 Å². The van der Waals surface area contributed by atoms with Gasteiger partial charge < -0.3 is 4.57 Å². The summed E-state index contributed by atoms with van der Waals surface area (Å²) < 4.78 is 2.40. The van der Waals surface area contributed by atoms with Crippen molar-refractivity contribution in [2.45, 2.75) is 53.0 Å². The van der Waals surface area contributed by atoms with Crippen LogP contribution in [0.4, 0.5) is 0 Å². The Morgan fingerprint density at radius 2 is 2.05 bits per heavy atom. The topological polar surface area (TPSA) is 17.8 Å². The third-order valence-electron chi connectivity index (χ3n) is 4.12. The summed E-state index contributed by atoms with van der Waals surface area (Å²) in [4.78, 5) is 4.78. The quantitative estimate of drug-likeness (QED) is 0.675. The van der Waals surface area contributed by atoms with Gasteiger partial charge in [0.25, 0.3) is 0 Å². The number of hydrogen-bond acceptors (Lipinski definition) is 1. The number of aryl methyl sites for hydroxylation is 2. The van der Waals surface area contributed by atoms with Gasteiger partial charge in [-0.3, -0.25) is 0 Å². The highest BCUT2D eigenvalue weighted by molar-refractivity contribution is 6.17. The molecule has 110 valence electrons. The van der Waals surface area contributed by atoms with Crippen LogP contribution in [0.15, 0.2) is 18.2 Å². The predicted octanol–water partition coefficient (Wildman–Crippen LogP) is 5.12. The first-order valence-electron chi connectivity index (χ1n) is 7.60. The van der Waals surface area contributed by atoms with Crippen LogP contribution in [-0.4, -0.2) is 15.4 Å². The molecule has 2 atom stereocenters. The van der Waals surface area contributed by atoms with Gasteiger partial charge in [0.2, 0.25) is 0 Å². The fourth-order valence-electron chi connectivity index (χ4n) is 2.86. The molecular weight excluding hydrogens is 268 g/mol. The van der Waals surface area contributed by atoms with Crippen LogP contribution in [0.2, 0.25) is 0 Å². The summed E-state index contributed by atoms with van der Waals surface area (Å²) in [5.74, 6) is 2.48. The van der Waals surface area contributed by atoms with Crippen molar-refractivity contribution in [1.82, 2.24) is 9.55 Å². The second-order valence-corrected chi connectivity index (χ2v) is 6.31. The molecule has 0 aliphatic carbocycles. The van der Waals surface area contributed by atoms with Crippen molar-refractivity contribution in [3.63, 3.8) is 0 Å². The van der Waals surface area contributed by atoms with Crippen molar-refractivity contribution in [2.24, 2.45) is 5.92 Å². The number of benzene rings is 1. The minimum atomic E-state index is 0.468. The molecule has 0 N–H and O–H groups in total. The summed E-state index contributed by atoms with van der Waals surface area (Å²) in [5, 5.41) is 0. The molecule has 2 rings (SSSR count). The summed E-state index contributed by atoms with van der Waals surface area (Å²) in [6, 6.07) is 6.96. The van der Waals surface area contributed by atoms with Gasteiger partial charge in [-0.15, -0.1) is 11.6 Å². The summed E-state index contributed by atoms with van der Waals surface area (Å²) in [5.41, 5.74) is 3.62. The Kier molecular flexibility index (Phi) is 5.09. The summed E-state index contributed by atoms with van der Waals surface area (Å²) in [7, 11) is 0. The minimum Gasteiger partial charge on any atom is -0.325 e. The zero-order valence-electron chi connectivity index (χ0n) is 13.0. The average Bonchev–Trinajstić information content (AvgIpc) is 2.76. The van der Waals surface area contributed by atoms with Crippen molar-refractivity contribution >= 4 is 22.6 Å². The summed E-state index contributed by atoms with van der Waals surface area (Å²) in [6.45, 7) is 9.01. The second-order valence-electron chi connectivity index (χ2n) is 5.93. The molecule has 1 heterocycles. The number of alkyl halides is 1. The molecule has 1 aromatic carbocycles. The fraction of sp³-hybridized carbons (Fsp3) is 0.588. The van der Waals surface area contributed by atoms with E-state index < -0.39 is 0 Å². The molecular formula is C17H25ClN2. The number of rotatable bonds is 6. The number of nitrogens with zero attached hydrogens (tertiary/aromatic N) is 2. The Labute approximate surface area is 127 Å². The van der Waals surface area contributed by atoms with Gasteiger partial charge in [0.15, 0.2) is 0 Å². The average molecular weight is 293 g/mol. The lowest BCUT2D eigenvalue weighted by Crippen LogP contribution is -2.13. The maximum atomic E-state index is 5.95. The maximum Gasteiger partial charge on any atom is 0.111 e. The van der Waals surface area contributed by atoms with Crippen LogP contribution >= 0.6 is 11.6 Å². The smallest absolute Gasteiger partial charge is 0.111 e. The molecule has 0 amide bonds. The molecule has 2 nitrogen and oxygen atoms in total. The first kappa shape index (κ1) is 15.4. The minimum absolute atomic E-state index is 0.468. The van der Waals surface area contributed by atoms with E-state index in [0.717, 1.165) is 23.7 Å². The van der Waals surface area contributed by atoms with Crippen molar-refractivity contribution in [3.05, 3.63) is 29.6 Å². The Bertz CT molecular complexity index is 574. The van der Waals surface area contributed by atoms with E-state index in [1.54, 1.807) is 0 Å². The molecule has 2 aromatic rings. The highest BCUT2D eigenvalue weighted by Crippen LogP contribution is 2.27. The van der Waals surface area contributed by atoms with Crippen LogP contribution in [0, 0.1) is 12.8 Å². The normalized spacial score (nSPS) is 14.7. The number of imidazole rings is 1. The number of fused-ring (bicyclic) bond motifs is 1. The van der Waals surface area contributed by atoms with Crippen molar-refractivity contribution < 1.29 is 0 Å². The van der Waals surface area contributed by atoms with Gasteiger partial charge in [0.05, 0.1) is 11.0 Å². The van der Waals surface area contributed by atoms with Gasteiger partial charge in [-0.1, -0.05) is 26.3 Å². The van der Waals surface area contributed by atoms with E-state index in [0.29, 0.717) is 11.9 Å². The van der Waals surface area contributed by atoms with E-state index in [-0.39, 0.29) is 0 Å². The number of hydrogen-bond donors (Lipinski definition) is 0. The largest absolute Gasteiger partial charge is 0.325 e. The zero-order chi connectivity index (χ0) is 14.7. The third kappa shape index (κ3) is 3.17. The standard InChI is InChI=1S/C17H25ClN2/c1-5-12(2)10-14(4)20-16-11-13(3)6-7-15(16)19-17(20)8-9-18/h6-7,11-12,14H,5,8-10H2,1-4H3. The molecule has 0 radical (unpaired) electrons. The summed E-state index contributed by atoms with van der Waals surface area (Å²) in [6.07, 6.45) is 3.24. The maximum absolute atomic E-state index is 5.95. The van der Waals surface area contributed by atoms with E-state index in [2.05, 4.69) is 50.5 Å². The Morgan fingerprint density at radius 1 is 1.30 bits per heavy atom. The lowest BCUT2D eigenvalue weighted by atomic mass is 10.00. The van der Waals surface area contributed by atoms with Crippen molar-refractivity contribution in [2.75, 3.05) is 5.88 Å². The predicted molar refractivity (Wildman–Crippen MR) is 87.7 cm³/mol. The first-order valence-corrected chi connectivity index (χ1v) is 8.13. The fourth-order valence-corrected chi connectivity index (χ4v) is 3.03. The molecule has 2 unspecified atom stereocenters. The molecule has 1 aromatic heterocycles. The zero-order valence-corrected chi connectivity index (χ0v) is 13.7. The van der Waals surface area contributed by atoms with Crippen LogP contribution in [0.3, 0.4) is 0 Å². The molecule has 0 saturated heterocycles. The van der Waals surface area contributed by atoms with E-state index in [1.807, 2.05) is 0 Å². The second kappa shape index (κ2) is 6.62. The van der Waals surface area contributed by atoms with Gasteiger partial charge in [-0.05, 0) is 43.9 Å². The number of aromatic nitrogens is 2. The Balaban J connectivity index is 2.46. The van der Waals surface area contributed by atoms with Gasteiger partial charge in [-0.25, -0.2) is 4.98 Å². The Hall–Kier alpha value is -1.02. The van der Waals surface area contributed by atoms with E-state index in [4.69, 9.17) is 16.6 Å². The van der Waals surface area contributed by atoms with Crippen LogP contribution in [0.25, 0.3) is 11.0 Å². The van der Waals surface area contributed by atoms with Crippen LogP contribution in [0.1, 0.15) is 51.0 Å². The molecule has 0 aliphatic heterocycles. The van der Waals surface area contributed by atoms with Gasteiger partial charge >= 0.3 is 0 Å².